The van der Waals surface area contributed by atoms with Gasteiger partial charge in [-0.1, -0.05) is 255 Å². The van der Waals surface area contributed by atoms with Crippen molar-refractivity contribution in [1.82, 2.24) is 0 Å². The van der Waals surface area contributed by atoms with Crippen molar-refractivity contribution >= 4 is 114 Å². The predicted molar refractivity (Wildman–Crippen MR) is 383 cm³/mol. The molecule has 0 bridgehead atoms. The van der Waals surface area contributed by atoms with E-state index in [0.717, 1.165) is 135 Å². The third-order valence-electron chi connectivity index (χ3n) is 18.8. The number of ether oxygens (including phenoxy) is 1. The lowest BCUT2D eigenvalue weighted by atomic mass is 9.30. The van der Waals surface area contributed by atoms with Crippen LogP contribution in [0.5, 0.6) is 11.5 Å². The Morgan fingerprint density at radius 2 is 0.593 bits per heavy atom. The monoisotopic (exact) mass is 1160 g/mol. The lowest BCUT2D eigenvalue weighted by Crippen LogP contribution is -2.64. The first-order valence-electron chi connectivity index (χ1n) is 31.4. The summed E-state index contributed by atoms with van der Waals surface area (Å²) in [6.45, 7) is -0.411. The molecule has 424 valence electrons. The highest BCUT2D eigenvalue weighted by Crippen LogP contribution is 2.53. The van der Waals surface area contributed by atoms with Crippen LogP contribution in [0.15, 0.2) is 340 Å². The fourth-order valence-corrected chi connectivity index (χ4v) is 15.0. The smallest absolute Gasteiger partial charge is 0.256 e. The van der Waals surface area contributed by atoms with Crippen LogP contribution < -0.4 is 57.1 Å². The molecule has 4 heterocycles. The van der Waals surface area contributed by atoms with Gasteiger partial charge in [0.05, 0.1) is 22.7 Å². The van der Waals surface area contributed by atoms with Gasteiger partial charge in [0.1, 0.15) is 11.5 Å². The Hall–Kier alpha value is -11.8. The SMILES string of the molecule is c1ccc(-c2cc3c4c(c2)N(c2ccccc2-c2ccccc2)c2cc5c(cc2B4c2ccccc2O3)B2c3ccccc3N(c3ccccc3-c3ccccc3)c3cc(N(c4ccccc4)c4ccccc4)cc(c32)N5c2ccccc2-c2ccccc2)cc1. The Kier molecular flexibility index (Phi) is 12.4. The van der Waals surface area contributed by atoms with Crippen LogP contribution in [0.25, 0.3) is 44.5 Å². The van der Waals surface area contributed by atoms with E-state index in [9.17, 15) is 0 Å². The molecule has 0 atom stereocenters. The summed E-state index contributed by atoms with van der Waals surface area (Å²) >= 11 is 0. The van der Waals surface area contributed by atoms with E-state index < -0.39 is 0 Å². The van der Waals surface area contributed by atoms with Crippen LogP contribution in [-0.4, -0.2) is 13.4 Å². The maximum Gasteiger partial charge on any atom is 0.256 e. The molecule has 0 N–H and O–H groups in total. The molecule has 0 amide bonds. The number of rotatable bonds is 10. The van der Waals surface area contributed by atoms with E-state index in [-0.39, 0.29) is 13.4 Å². The van der Waals surface area contributed by atoms with Crippen molar-refractivity contribution in [3.63, 3.8) is 0 Å². The second-order valence-corrected chi connectivity index (χ2v) is 23.9. The van der Waals surface area contributed by atoms with Gasteiger partial charge in [0.25, 0.3) is 13.4 Å². The van der Waals surface area contributed by atoms with Crippen molar-refractivity contribution in [2.24, 2.45) is 0 Å². The molecule has 0 fully saturated rings. The molecule has 0 radical (unpaired) electrons. The van der Waals surface area contributed by atoms with E-state index >= 15 is 0 Å². The largest absolute Gasteiger partial charge is 0.458 e. The van der Waals surface area contributed by atoms with E-state index in [0.29, 0.717) is 0 Å². The molecule has 0 spiro atoms. The minimum atomic E-state index is -0.223. The van der Waals surface area contributed by atoms with E-state index in [4.69, 9.17) is 4.74 Å². The van der Waals surface area contributed by atoms with E-state index in [1.165, 1.54) is 21.9 Å². The molecule has 4 aliphatic rings. The number of hydrogen-bond acceptors (Lipinski definition) is 5. The normalized spacial score (nSPS) is 12.8. The number of para-hydroxylation sites is 7. The average molecular weight is 1160 g/mol. The number of hydrogen-bond donors (Lipinski definition) is 0. The van der Waals surface area contributed by atoms with Crippen molar-refractivity contribution < 1.29 is 4.74 Å². The van der Waals surface area contributed by atoms with Crippen LogP contribution in [0.4, 0.5) is 68.2 Å². The standard InChI is InChI=1S/C84H56B2N4O/c1-7-29-57(30-8-1)61-51-78-84-82(52-61)91-81-50-28-23-45-69(81)86(84)71-55-70-76(56-77(71)89(78)73-47-25-20-42-66(73)59-33-11-3-12-34-59)90(74-48-26-21-43-67(74)60-35-13-4-14-36-60)80-54-64(87(62-37-15-5-16-38-62)63-39-17-6-18-40-63)53-79-83(80)85(70)68-44-22-27-49-75(68)88(79)72-46-24-19-41-65(72)58-31-9-2-10-32-58/h1-56H. The van der Waals surface area contributed by atoms with Crippen molar-refractivity contribution in [3.05, 3.63) is 340 Å². The number of nitrogens with zero attached hydrogens (tertiary/aromatic N) is 4. The molecule has 0 saturated heterocycles. The predicted octanol–water partition coefficient (Wildman–Crippen LogP) is 18.3. The Morgan fingerprint density at radius 3 is 1.09 bits per heavy atom. The molecule has 5 nitrogen and oxygen atoms in total. The van der Waals surface area contributed by atoms with Crippen molar-refractivity contribution in [2.75, 3.05) is 19.6 Å². The van der Waals surface area contributed by atoms with Gasteiger partial charge in [-0.2, -0.15) is 0 Å². The molecule has 4 aliphatic heterocycles. The second kappa shape index (κ2) is 21.5. The summed E-state index contributed by atoms with van der Waals surface area (Å²) < 4.78 is 7.25. The van der Waals surface area contributed by atoms with Crippen molar-refractivity contribution in [2.45, 2.75) is 0 Å². The van der Waals surface area contributed by atoms with Crippen LogP contribution in [0, 0.1) is 0 Å². The first-order chi connectivity index (χ1) is 45.2. The first-order valence-corrected chi connectivity index (χ1v) is 31.4. The molecule has 0 unspecified atom stereocenters. The van der Waals surface area contributed by atoms with Crippen LogP contribution in [0.1, 0.15) is 0 Å². The zero-order valence-corrected chi connectivity index (χ0v) is 49.7. The Balaban J connectivity index is 1.000. The maximum atomic E-state index is 7.25. The topological polar surface area (TPSA) is 22.2 Å². The number of benzene rings is 14. The summed E-state index contributed by atoms with van der Waals surface area (Å²) in [7, 11) is 0. The molecule has 0 aromatic heterocycles. The molecular weight excluding hydrogens is 1100 g/mol. The van der Waals surface area contributed by atoms with Gasteiger partial charge in [-0.3, -0.25) is 0 Å². The molecule has 14 aromatic rings. The zero-order chi connectivity index (χ0) is 59.9. The summed E-state index contributed by atoms with van der Waals surface area (Å²) in [6.07, 6.45) is 0. The average Bonchev–Trinajstić information content (AvgIpc) is 0.695. The number of anilines is 12. The highest BCUT2D eigenvalue weighted by Gasteiger charge is 2.49. The van der Waals surface area contributed by atoms with Gasteiger partial charge in [0, 0.05) is 62.2 Å². The van der Waals surface area contributed by atoms with Crippen LogP contribution in [-0.2, 0) is 0 Å². The highest BCUT2D eigenvalue weighted by molar-refractivity contribution is 7.02. The number of fused-ring (bicyclic) bond motifs is 8. The lowest BCUT2D eigenvalue weighted by Gasteiger charge is -2.47. The summed E-state index contributed by atoms with van der Waals surface area (Å²) in [5, 5.41) is 0. The van der Waals surface area contributed by atoms with Crippen molar-refractivity contribution in [1.29, 1.82) is 0 Å². The van der Waals surface area contributed by atoms with E-state index in [1.807, 2.05) is 0 Å². The quantitative estimate of drug-likeness (QED) is 0.127. The summed E-state index contributed by atoms with van der Waals surface area (Å²) in [5.41, 5.74) is 29.3. The molecule has 7 heteroatoms. The van der Waals surface area contributed by atoms with Gasteiger partial charge in [0.2, 0.25) is 0 Å². The fourth-order valence-electron chi connectivity index (χ4n) is 15.0. The molecular formula is C84H56B2N4O. The summed E-state index contributed by atoms with van der Waals surface area (Å²) in [5.74, 6) is 1.73. The van der Waals surface area contributed by atoms with Gasteiger partial charge in [0.15, 0.2) is 0 Å². The Labute approximate surface area is 531 Å². The van der Waals surface area contributed by atoms with Gasteiger partial charge in [-0.25, -0.2) is 0 Å². The van der Waals surface area contributed by atoms with Crippen LogP contribution in [0.3, 0.4) is 0 Å². The first kappa shape index (κ1) is 52.3. The third-order valence-corrected chi connectivity index (χ3v) is 18.8. The summed E-state index contributed by atoms with van der Waals surface area (Å²) in [6, 6.07) is 125. The van der Waals surface area contributed by atoms with E-state index in [2.05, 4.69) is 359 Å². The highest BCUT2D eigenvalue weighted by atomic mass is 16.5. The summed E-state index contributed by atoms with van der Waals surface area (Å²) in [4.78, 5) is 10.2. The Bertz CT molecular complexity index is 5090. The van der Waals surface area contributed by atoms with Gasteiger partial charge in [-0.05, 0) is 146 Å². The van der Waals surface area contributed by atoms with Gasteiger partial charge < -0.3 is 24.3 Å². The zero-order valence-electron chi connectivity index (χ0n) is 49.7. The van der Waals surface area contributed by atoms with Gasteiger partial charge >= 0.3 is 0 Å². The second-order valence-electron chi connectivity index (χ2n) is 23.9. The maximum absolute atomic E-state index is 7.25. The molecule has 91 heavy (non-hydrogen) atoms. The third kappa shape index (κ3) is 8.50. The minimum Gasteiger partial charge on any atom is -0.458 e. The minimum absolute atomic E-state index is 0.188. The van der Waals surface area contributed by atoms with Crippen LogP contribution in [0.2, 0.25) is 0 Å². The molecule has 0 aliphatic carbocycles. The molecule has 0 saturated carbocycles. The van der Waals surface area contributed by atoms with Crippen molar-refractivity contribution in [3.8, 4) is 56.0 Å². The molecule has 18 rings (SSSR count). The van der Waals surface area contributed by atoms with Gasteiger partial charge in [-0.15, -0.1) is 0 Å². The van der Waals surface area contributed by atoms with E-state index in [1.54, 1.807) is 0 Å². The van der Waals surface area contributed by atoms with Crippen LogP contribution >= 0.6 is 0 Å². The fraction of sp³-hybridized carbons (Fsp3) is 0. The lowest BCUT2D eigenvalue weighted by molar-refractivity contribution is 0.488. The Morgan fingerprint density at radius 1 is 0.220 bits per heavy atom. The molecule has 14 aromatic carbocycles.